The fourth-order valence-corrected chi connectivity index (χ4v) is 1.95. The Hall–Kier alpha value is -0.640. The molecule has 1 amide bonds. The molecule has 4 heteroatoms. The third-order valence-corrected chi connectivity index (χ3v) is 2.59. The Bertz CT molecular complexity index is 317. The van der Waals surface area contributed by atoms with E-state index in [0.29, 0.717) is 0 Å². The number of amides is 1. The molecule has 0 aromatic rings. The topological polar surface area (TPSA) is 40.5 Å². The largest absolute Gasteiger partial charge is 0.394 e. The number of fused-ring (bicyclic) bond motifs is 1. The Morgan fingerprint density at radius 2 is 2.75 bits per heavy atom. The summed E-state index contributed by atoms with van der Waals surface area (Å²) in [7, 11) is 0. The molecular formula is C8H12FNO2. The van der Waals surface area contributed by atoms with Crippen LogP contribution in [0.15, 0.2) is 0 Å². The summed E-state index contributed by atoms with van der Waals surface area (Å²) in [5.41, 5.74) is -1.54. The van der Waals surface area contributed by atoms with Crippen molar-refractivity contribution in [3.05, 3.63) is 0 Å². The summed E-state index contributed by atoms with van der Waals surface area (Å²) in [4.78, 5) is 12.4. The van der Waals surface area contributed by atoms with E-state index in [-0.39, 0.29) is 18.7 Å². The van der Waals surface area contributed by atoms with Crippen LogP contribution < -0.4 is 0 Å². The van der Waals surface area contributed by atoms with Crippen LogP contribution in [0, 0.1) is 0 Å². The highest BCUT2D eigenvalue weighted by Gasteiger charge is 2.51. The van der Waals surface area contributed by atoms with Crippen LogP contribution in [-0.4, -0.2) is 40.7 Å². The van der Waals surface area contributed by atoms with Crippen molar-refractivity contribution in [1.29, 1.82) is 0 Å². The molecule has 2 aliphatic rings. The molecule has 0 aromatic carbocycles. The van der Waals surface area contributed by atoms with Gasteiger partial charge in [-0.05, 0) is 6.42 Å². The van der Waals surface area contributed by atoms with Crippen molar-refractivity contribution in [2.24, 2.45) is 0 Å². The molecule has 0 spiro atoms. The highest BCUT2D eigenvalue weighted by Crippen LogP contribution is 2.40. The van der Waals surface area contributed by atoms with Crippen LogP contribution in [0.2, 0.25) is 0 Å². The summed E-state index contributed by atoms with van der Waals surface area (Å²) in [6, 6.07) is 0. The van der Waals surface area contributed by atoms with Gasteiger partial charge in [-0.25, -0.2) is 4.39 Å². The molecule has 0 aliphatic carbocycles. The summed E-state index contributed by atoms with van der Waals surface area (Å²) in [5, 5.41) is 9.42. The first kappa shape index (κ1) is 5.17. The van der Waals surface area contributed by atoms with E-state index in [1.807, 2.05) is 0 Å². The molecule has 3 nitrogen and oxygen atoms in total. The van der Waals surface area contributed by atoms with Gasteiger partial charge in [0.2, 0.25) is 5.91 Å². The van der Waals surface area contributed by atoms with E-state index >= 15 is 0 Å². The van der Waals surface area contributed by atoms with Gasteiger partial charge in [0.1, 0.15) is 6.15 Å². The molecule has 2 fully saturated rings. The molecule has 2 heterocycles. The Morgan fingerprint density at radius 1 is 2.00 bits per heavy atom. The average molecular weight is 176 g/mol. The summed E-state index contributed by atoms with van der Waals surface area (Å²) in [6.45, 7) is -3.11. The lowest BCUT2D eigenvalue weighted by Crippen LogP contribution is -2.43. The third kappa shape index (κ3) is 0.874. The molecular weight excluding hydrogens is 161 g/mol. The molecule has 2 atom stereocenters. The number of carbonyl (C=O) groups excluding carboxylic acids is 1. The van der Waals surface area contributed by atoms with Crippen molar-refractivity contribution < 1.29 is 18.4 Å². The summed E-state index contributed by atoms with van der Waals surface area (Å²) in [6.07, 6.45) is -2.64. The van der Waals surface area contributed by atoms with Gasteiger partial charge < -0.3 is 10.0 Å². The number of carbonyl (C=O) groups is 1. The van der Waals surface area contributed by atoms with Crippen LogP contribution in [0.25, 0.3) is 0 Å². The smallest absolute Gasteiger partial charge is 0.223 e. The maximum atomic E-state index is 13.5. The fourth-order valence-electron chi connectivity index (χ4n) is 1.95. The van der Waals surface area contributed by atoms with Gasteiger partial charge in [0.15, 0.2) is 0 Å². The zero-order valence-electron chi connectivity index (χ0n) is 9.51. The molecule has 12 heavy (non-hydrogen) atoms. The Morgan fingerprint density at radius 3 is 3.33 bits per heavy atom. The maximum absolute atomic E-state index is 13.5. The van der Waals surface area contributed by atoms with Gasteiger partial charge in [0.05, 0.1) is 22.8 Å². The SMILES string of the molecule is [2H]C([2H])(O)[C@@]12CCC(=O)N1C[C@]([2H])(F)C2. The van der Waals surface area contributed by atoms with Crippen molar-refractivity contribution in [1.82, 2.24) is 4.90 Å². The molecule has 1 N–H and O–H groups in total. The highest BCUT2D eigenvalue weighted by molar-refractivity contribution is 5.80. The molecule has 2 aliphatic heterocycles. The number of hydrogen-bond donors (Lipinski definition) is 1. The first-order valence-electron chi connectivity index (χ1n) is 5.40. The van der Waals surface area contributed by atoms with E-state index < -0.39 is 31.2 Å². The highest BCUT2D eigenvalue weighted by atomic mass is 19.1. The van der Waals surface area contributed by atoms with Crippen molar-refractivity contribution in [3.63, 3.8) is 0 Å². The molecule has 0 bridgehead atoms. The number of nitrogens with zero attached hydrogens (tertiary/aromatic N) is 1. The molecule has 0 unspecified atom stereocenters. The van der Waals surface area contributed by atoms with E-state index in [1.54, 1.807) is 0 Å². The van der Waals surface area contributed by atoms with Crippen LogP contribution in [-0.2, 0) is 4.79 Å². The zero-order valence-corrected chi connectivity index (χ0v) is 6.51. The number of hydrogen-bond acceptors (Lipinski definition) is 2. The first-order chi connectivity index (χ1) is 6.68. The first-order valence-corrected chi connectivity index (χ1v) is 3.90. The lowest BCUT2D eigenvalue weighted by Gasteiger charge is -2.28. The van der Waals surface area contributed by atoms with Crippen molar-refractivity contribution in [3.8, 4) is 0 Å². The van der Waals surface area contributed by atoms with Crippen LogP contribution in [0.3, 0.4) is 0 Å². The Kier molecular flexibility index (Phi) is 1.04. The second-order valence-electron chi connectivity index (χ2n) is 3.32. The second-order valence-corrected chi connectivity index (χ2v) is 3.32. The average Bonchev–Trinajstić information content (AvgIpc) is 2.45. The van der Waals surface area contributed by atoms with E-state index in [1.165, 1.54) is 0 Å². The summed E-state index contributed by atoms with van der Waals surface area (Å²) in [5.74, 6) is -0.389. The van der Waals surface area contributed by atoms with Crippen LogP contribution in [0.4, 0.5) is 4.39 Å². The Labute approximate surface area is 74.4 Å². The van der Waals surface area contributed by atoms with E-state index in [0.717, 1.165) is 4.90 Å². The Balaban J connectivity index is 2.41. The molecule has 2 saturated heterocycles. The third-order valence-electron chi connectivity index (χ3n) is 2.59. The summed E-state index contributed by atoms with van der Waals surface area (Å²) < 4.78 is 35.3. The molecule has 0 radical (unpaired) electrons. The minimum atomic E-state index is -2.66. The van der Waals surface area contributed by atoms with Gasteiger partial charge >= 0.3 is 0 Å². The number of aliphatic hydroxyl groups is 1. The van der Waals surface area contributed by atoms with Crippen LogP contribution in [0.5, 0.6) is 0 Å². The van der Waals surface area contributed by atoms with Crippen molar-refractivity contribution in [2.75, 3.05) is 13.1 Å². The van der Waals surface area contributed by atoms with Gasteiger partial charge in [-0.1, -0.05) is 0 Å². The zero-order chi connectivity index (χ0) is 11.5. The lowest BCUT2D eigenvalue weighted by atomic mass is 9.95. The minimum Gasteiger partial charge on any atom is -0.394 e. The van der Waals surface area contributed by atoms with E-state index in [2.05, 4.69) is 0 Å². The van der Waals surface area contributed by atoms with Gasteiger partial charge in [-0.15, -0.1) is 0 Å². The predicted molar refractivity (Wildman–Crippen MR) is 40.3 cm³/mol. The molecule has 0 saturated carbocycles. The van der Waals surface area contributed by atoms with Gasteiger partial charge in [0, 0.05) is 12.8 Å². The van der Waals surface area contributed by atoms with Gasteiger partial charge in [-0.2, -0.15) is 0 Å². The van der Waals surface area contributed by atoms with Crippen LogP contribution in [0.1, 0.15) is 23.4 Å². The van der Waals surface area contributed by atoms with Crippen molar-refractivity contribution >= 4 is 5.91 Å². The quantitative estimate of drug-likeness (QED) is 0.614. The predicted octanol–water partition coefficient (Wildman–Crippen LogP) is 0.0817. The lowest BCUT2D eigenvalue weighted by molar-refractivity contribution is -0.130. The number of alkyl halides is 1. The van der Waals surface area contributed by atoms with Gasteiger partial charge in [0.25, 0.3) is 0 Å². The standard InChI is InChI=1S/C8H12FNO2/c9-6-3-8(5-11)2-1-7(12)10(8)4-6/h6,11H,1-5H2/t6-,8+/m1/s1/i5D2,6D. The number of rotatable bonds is 1. The minimum absolute atomic E-state index is 0.0693. The van der Waals surface area contributed by atoms with Crippen molar-refractivity contribution in [2.45, 2.75) is 30.9 Å². The van der Waals surface area contributed by atoms with E-state index in [9.17, 15) is 14.3 Å². The van der Waals surface area contributed by atoms with Gasteiger partial charge in [-0.3, -0.25) is 4.79 Å². The fraction of sp³-hybridized carbons (Fsp3) is 0.875. The van der Waals surface area contributed by atoms with Crippen LogP contribution >= 0.6 is 0 Å². The monoisotopic (exact) mass is 176 g/mol. The normalized spacial score (nSPS) is 51.7. The maximum Gasteiger partial charge on any atom is 0.223 e. The number of halogens is 1. The second kappa shape index (κ2) is 2.42. The molecule has 68 valence electrons. The molecule has 2 rings (SSSR count). The van der Waals surface area contributed by atoms with E-state index in [4.69, 9.17) is 4.11 Å². The summed E-state index contributed by atoms with van der Waals surface area (Å²) >= 11 is 0. The molecule has 0 aromatic heterocycles.